The van der Waals surface area contributed by atoms with Gasteiger partial charge in [-0.15, -0.1) is 0 Å². The van der Waals surface area contributed by atoms with Crippen molar-refractivity contribution in [2.24, 2.45) is 7.05 Å². The van der Waals surface area contributed by atoms with E-state index in [-0.39, 0.29) is 17.5 Å². The summed E-state index contributed by atoms with van der Waals surface area (Å²) in [5.41, 5.74) is 3.02. The second-order valence-electron chi connectivity index (χ2n) is 8.78. The van der Waals surface area contributed by atoms with Gasteiger partial charge in [0, 0.05) is 25.8 Å². The fourth-order valence-electron chi connectivity index (χ4n) is 4.48. The topological polar surface area (TPSA) is 123 Å². The first kappa shape index (κ1) is 23.9. The number of nitrogens with zero attached hydrogens (tertiary/aromatic N) is 4. The molecule has 37 heavy (non-hydrogen) atoms. The SMILES string of the molecule is CC(=O)Oc1ccc(CC(C(=O)Nc2cnc3c(c2)c(C)nn3C)N2C(=O)c3ccccc3C2=O)cc1. The molecule has 2 aromatic heterocycles. The van der Waals surface area contributed by atoms with E-state index in [0.29, 0.717) is 22.6 Å². The summed E-state index contributed by atoms with van der Waals surface area (Å²) in [5, 5.41) is 7.94. The van der Waals surface area contributed by atoms with Crippen LogP contribution in [0.2, 0.25) is 0 Å². The summed E-state index contributed by atoms with van der Waals surface area (Å²) in [5.74, 6) is -1.71. The Bertz CT molecular complexity index is 1540. The van der Waals surface area contributed by atoms with E-state index in [2.05, 4.69) is 15.4 Å². The lowest BCUT2D eigenvalue weighted by molar-refractivity contribution is -0.131. The maximum Gasteiger partial charge on any atom is 0.308 e. The highest BCUT2D eigenvalue weighted by atomic mass is 16.5. The van der Waals surface area contributed by atoms with Crippen molar-refractivity contribution < 1.29 is 23.9 Å². The summed E-state index contributed by atoms with van der Waals surface area (Å²) < 4.78 is 6.72. The van der Waals surface area contributed by atoms with Gasteiger partial charge >= 0.3 is 5.97 Å². The van der Waals surface area contributed by atoms with Gasteiger partial charge in [0.2, 0.25) is 5.91 Å². The van der Waals surface area contributed by atoms with Crippen LogP contribution in [0.15, 0.2) is 60.8 Å². The van der Waals surface area contributed by atoms with Crippen molar-refractivity contribution in [3.05, 3.63) is 83.2 Å². The predicted octanol–water partition coefficient (Wildman–Crippen LogP) is 3.05. The molecule has 0 spiro atoms. The van der Waals surface area contributed by atoms with Gasteiger partial charge in [0.15, 0.2) is 5.65 Å². The van der Waals surface area contributed by atoms with Gasteiger partial charge in [-0.25, -0.2) is 4.98 Å². The van der Waals surface area contributed by atoms with Gasteiger partial charge in [-0.05, 0) is 42.8 Å². The lowest BCUT2D eigenvalue weighted by Gasteiger charge is -2.25. The molecule has 10 nitrogen and oxygen atoms in total. The Morgan fingerprint density at radius 3 is 2.30 bits per heavy atom. The summed E-state index contributed by atoms with van der Waals surface area (Å²) in [7, 11) is 1.78. The number of hydrogen-bond donors (Lipinski definition) is 1. The molecule has 1 aliphatic heterocycles. The van der Waals surface area contributed by atoms with Crippen molar-refractivity contribution in [2.75, 3.05) is 5.32 Å². The number of benzene rings is 2. The highest BCUT2D eigenvalue weighted by Crippen LogP contribution is 2.27. The normalized spacial score (nSPS) is 13.5. The number of amides is 3. The standard InChI is InChI=1S/C27H23N5O5/c1-15-22-13-18(14-28-24(22)31(3)30-15)29-25(34)23(12-17-8-10-19(11-9-17)37-16(2)33)32-26(35)20-6-4-5-7-21(20)27(32)36/h4-11,13-14,23H,12H2,1-3H3,(H,29,34). The number of esters is 1. The van der Waals surface area contributed by atoms with Crippen LogP contribution >= 0.6 is 0 Å². The lowest BCUT2D eigenvalue weighted by atomic mass is 10.0. The number of fused-ring (bicyclic) bond motifs is 2. The molecule has 1 atom stereocenters. The van der Waals surface area contributed by atoms with Crippen molar-refractivity contribution in [3.8, 4) is 5.75 Å². The Hall–Kier alpha value is -4.86. The van der Waals surface area contributed by atoms with Crippen molar-refractivity contribution >= 4 is 40.4 Å². The molecule has 3 heterocycles. The van der Waals surface area contributed by atoms with Gasteiger partial charge in [0.25, 0.3) is 11.8 Å². The zero-order valence-corrected chi connectivity index (χ0v) is 20.4. The number of hydrogen-bond acceptors (Lipinski definition) is 7. The first-order valence-corrected chi connectivity index (χ1v) is 11.6. The first-order valence-electron chi connectivity index (χ1n) is 11.6. The maximum atomic E-state index is 13.6. The Morgan fingerprint density at radius 1 is 1.03 bits per heavy atom. The van der Waals surface area contributed by atoms with E-state index < -0.39 is 29.7 Å². The van der Waals surface area contributed by atoms with Crippen LogP contribution in [-0.2, 0) is 23.1 Å². The number of pyridine rings is 1. The fourth-order valence-corrected chi connectivity index (χ4v) is 4.48. The molecule has 1 N–H and O–H groups in total. The monoisotopic (exact) mass is 497 g/mol. The number of nitrogens with one attached hydrogen (secondary N) is 1. The summed E-state index contributed by atoms with van der Waals surface area (Å²) in [6.07, 6.45) is 1.56. The molecular weight excluding hydrogens is 474 g/mol. The fraction of sp³-hybridized carbons (Fsp3) is 0.185. The van der Waals surface area contributed by atoms with Gasteiger partial charge in [-0.1, -0.05) is 24.3 Å². The third kappa shape index (κ3) is 4.44. The summed E-state index contributed by atoms with van der Waals surface area (Å²) >= 11 is 0. The van der Waals surface area contributed by atoms with E-state index in [4.69, 9.17) is 4.74 Å². The maximum absolute atomic E-state index is 13.6. The number of aromatic nitrogens is 3. The van der Waals surface area contributed by atoms with Crippen LogP contribution in [0.5, 0.6) is 5.75 Å². The van der Waals surface area contributed by atoms with Crippen molar-refractivity contribution in [3.63, 3.8) is 0 Å². The van der Waals surface area contributed by atoms with Crippen LogP contribution in [0.25, 0.3) is 11.0 Å². The van der Waals surface area contributed by atoms with Crippen LogP contribution in [0.3, 0.4) is 0 Å². The average molecular weight is 498 g/mol. The minimum atomic E-state index is -1.14. The highest BCUT2D eigenvalue weighted by molar-refractivity contribution is 6.23. The van der Waals surface area contributed by atoms with Crippen LogP contribution in [-0.4, -0.2) is 49.4 Å². The average Bonchev–Trinajstić information content (AvgIpc) is 3.30. The molecule has 0 bridgehead atoms. The molecule has 0 saturated carbocycles. The Morgan fingerprint density at radius 2 is 1.68 bits per heavy atom. The zero-order chi connectivity index (χ0) is 26.3. The number of imide groups is 1. The van der Waals surface area contributed by atoms with E-state index in [9.17, 15) is 19.2 Å². The number of ether oxygens (including phenoxy) is 1. The second-order valence-corrected chi connectivity index (χ2v) is 8.78. The number of carbonyl (C=O) groups excluding carboxylic acids is 4. The molecule has 4 aromatic rings. The van der Waals surface area contributed by atoms with E-state index in [1.807, 2.05) is 6.92 Å². The van der Waals surface area contributed by atoms with Crippen LogP contribution < -0.4 is 10.1 Å². The Balaban J connectivity index is 1.47. The molecule has 0 aliphatic carbocycles. The molecule has 186 valence electrons. The molecule has 2 aromatic carbocycles. The Kier molecular flexibility index (Phi) is 6.00. The van der Waals surface area contributed by atoms with Crippen molar-refractivity contribution in [2.45, 2.75) is 26.3 Å². The highest BCUT2D eigenvalue weighted by Gasteiger charge is 2.42. The molecule has 5 rings (SSSR count). The van der Waals surface area contributed by atoms with E-state index in [0.717, 1.165) is 16.0 Å². The smallest absolute Gasteiger partial charge is 0.308 e. The number of aryl methyl sites for hydroxylation is 2. The lowest BCUT2D eigenvalue weighted by Crippen LogP contribution is -2.48. The van der Waals surface area contributed by atoms with Gasteiger partial charge in [-0.2, -0.15) is 5.10 Å². The molecule has 1 unspecified atom stereocenters. The minimum Gasteiger partial charge on any atom is -0.427 e. The van der Waals surface area contributed by atoms with Crippen molar-refractivity contribution in [1.29, 1.82) is 0 Å². The van der Waals surface area contributed by atoms with Gasteiger partial charge in [0.1, 0.15) is 11.8 Å². The van der Waals surface area contributed by atoms with E-state index in [1.54, 1.807) is 66.3 Å². The third-order valence-corrected chi connectivity index (χ3v) is 6.18. The van der Waals surface area contributed by atoms with Gasteiger partial charge in [0.05, 0.1) is 28.7 Å². The summed E-state index contributed by atoms with van der Waals surface area (Å²) in [6.45, 7) is 3.15. The molecule has 3 amide bonds. The second kappa shape index (κ2) is 9.30. The summed E-state index contributed by atoms with van der Waals surface area (Å²) in [6, 6.07) is 13.7. The number of carbonyl (C=O) groups is 4. The van der Waals surface area contributed by atoms with E-state index >= 15 is 0 Å². The predicted molar refractivity (Wildman–Crippen MR) is 134 cm³/mol. The van der Waals surface area contributed by atoms with E-state index in [1.165, 1.54) is 13.1 Å². The van der Waals surface area contributed by atoms with Crippen LogP contribution in [0, 0.1) is 6.92 Å². The summed E-state index contributed by atoms with van der Waals surface area (Å²) in [4.78, 5) is 56.7. The quantitative estimate of drug-likeness (QED) is 0.247. The molecule has 0 saturated heterocycles. The third-order valence-electron chi connectivity index (χ3n) is 6.18. The molecule has 10 heteroatoms. The van der Waals surface area contributed by atoms with Crippen LogP contribution in [0.4, 0.5) is 5.69 Å². The zero-order valence-electron chi connectivity index (χ0n) is 20.4. The largest absolute Gasteiger partial charge is 0.427 e. The first-order chi connectivity index (χ1) is 17.7. The van der Waals surface area contributed by atoms with Crippen LogP contribution in [0.1, 0.15) is 38.9 Å². The molecular formula is C27H23N5O5. The van der Waals surface area contributed by atoms with Gasteiger partial charge < -0.3 is 10.1 Å². The Labute approximate surface area is 211 Å². The van der Waals surface area contributed by atoms with Crippen molar-refractivity contribution in [1.82, 2.24) is 19.7 Å². The molecule has 0 fully saturated rings. The van der Waals surface area contributed by atoms with Gasteiger partial charge in [-0.3, -0.25) is 28.8 Å². The minimum absolute atomic E-state index is 0.0548. The molecule has 1 aliphatic rings. The number of rotatable bonds is 6. The number of anilines is 1. The molecule has 0 radical (unpaired) electrons.